The van der Waals surface area contributed by atoms with Crippen LogP contribution < -0.4 is 0 Å². The third-order valence-electron chi connectivity index (χ3n) is 2.76. The van der Waals surface area contributed by atoms with Gasteiger partial charge in [0.25, 0.3) is 0 Å². The summed E-state index contributed by atoms with van der Waals surface area (Å²) >= 11 is 0. The van der Waals surface area contributed by atoms with Gasteiger partial charge in [-0.3, -0.25) is 9.59 Å². The summed E-state index contributed by atoms with van der Waals surface area (Å²) in [4.78, 5) is 22.5. The number of ketones is 1. The van der Waals surface area contributed by atoms with Crippen LogP contribution in [0.2, 0.25) is 0 Å². The predicted octanol–water partition coefficient (Wildman–Crippen LogP) is 1.47. The number of allylic oxidation sites excluding steroid dienone is 1. The van der Waals surface area contributed by atoms with Crippen LogP contribution in [0.1, 0.15) is 26.7 Å². The van der Waals surface area contributed by atoms with Gasteiger partial charge < -0.3 is 4.74 Å². The largest absolute Gasteiger partial charge is 0.468 e. The van der Waals surface area contributed by atoms with Gasteiger partial charge in [-0.1, -0.05) is 5.57 Å². The van der Waals surface area contributed by atoms with E-state index in [1.807, 2.05) is 6.92 Å². The summed E-state index contributed by atoms with van der Waals surface area (Å²) in [5.74, 6) is -0.160. The third kappa shape index (κ3) is 1.64. The van der Waals surface area contributed by atoms with Crippen molar-refractivity contribution in [2.24, 2.45) is 5.41 Å². The quantitative estimate of drug-likeness (QED) is 0.577. The molecule has 0 bridgehead atoms. The van der Waals surface area contributed by atoms with Gasteiger partial charge in [-0.05, 0) is 26.3 Å². The van der Waals surface area contributed by atoms with E-state index in [9.17, 15) is 9.59 Å². The second-order valence-electron chi connectivity index (χ2n) is 3.62. The summed E-state index contributed by atoms with van der Waals surface area (Å²) < 4.78 is 4.71. The lowest BCUT2D eigenvalue weighted by molar-refractivity contribution is -0.150. The van der Waals surface area contributed by atoms with E-state index in [0.29, 0.717) is 12.8 Å². The van der Waals surface area contributed by atoms with Crippen LogP contribution in [0.15, 0.2) is 11.6 Å². The first-order chi connectivity index (χ1) is 6.00. The lowest BCUT2D eigenvalue weighted by Gasteiger charge is -2.30. The number of methoxy groups -OCH3 is 1. The van der Waals surface area contributed by atoms with Crippen molar-refractivity contribution in [3.63, 3.8) is 0 Å². The fourth-order valence-electron chi connectivity index (χ4n) is 1.53. The highest BCUT2D eigenvalue weighted by molar-refractivity contribution is 5.94. The van der Waals surface area contributed by atoms with E-state index in [1.54, 1.807) is 13.0 Å². The molecule has 1 atom stereocenters. The molecule has 1 aliphatic rings. The number of hydrogen-bond donors (Lipinski definition) is 0. The Morgan fingerprint density at radius 2 is 2.23 bits per heavy atom. The Balaban J connectivity index is 2.98. The lowest BCUT2D eigenvalue weighted by atomic mass is 9.74. The molecule has 0 N–H and O–H groups in total. The van der Waals surface area contributed by atoms with E-state index >= 15 is 0 Å². The van der Waals surface area contributed by atoms with Crippen LogP contribution in [0, 0.1) is 5.41 Å². The van der Waals surface area contributed by atoms with Crippen LogP contribution in [0.5, 0.6) is 0 Å². The van der Waals surface area contributed by atoms with Crippen molar-refractivity contribution in [2.75, 3.05) is 7.11 Å². The molecule has 0 amide bonds. The lowest BCUT2D eigenvalue weighted by Crippen LogP contribution is -2.33. The molecule has 0 aromatic heterocycles. The Labute approximate surface area is 77.8 Å². The molecule has 1 rings (SSSR count). The minimum absolute atomic E-state index is 0.0962. The Morgan fingerprint density at radius 1 is 1.62 bits per heavy atom. The van der Waals surface area contributed by atoms with E-state index in [0.717, 1.165) is 5.57 Å². The molecule has 1 aliphatic carbocycles. The van der Waals surface area contributed by atoms with Gasteiger partial charge in [-0.25, -0.2) is 0 Å². The van der Waals surface area contributed by atoms with Crippen molar-refractivity contribution in [1.82, 2.24) is 0 Å². The molecule has 72 valence electrons. The molecule has 0 saturated carbocycles. The molecular weight excluding hydrogens is 168 g/mol. The summed E-state index contributed by atoms with van der Waals surface area (Å²) in [6.07, 6.45) is 2.53. The van der Waals surface area contributed by atoms with E-state index < -0.39 is 5.41 Å². The number of carbonyl (C=O) groups is 2. The van der Waals surface area contributed by atoms with Crippen LogP contribution in [0.3, 0.4) is 0 Å². The first-order valence-electron chi connectivity index (χ1n) is 4.31. The number of ether oxygens (including phenoxy) is 1. The SMILES string of the molecule is COC(=O)[C@@]1(C)CCC(=O)C=C1C. The number of rotatable bonds is 1. The topological polar surface area (TPSA) is 43.4 Å². The van der Waals surface area contributed by atoms with Gasteiger partial charge in [0.15, 0.2) is 5.78 Å². The van der Waals surface area contributed by atoms with Gasteiger partial charge in [-0.15, -0.1) is 0 Å². The summed E-state index contributed by atoms with van der Waals surface area (Å²) in [5.41, 5.74) is 0.207. The molecular formula is C10H14O3. The second kappa shape index (κ2) is 3.32. The molecule has 0 saturated heterocycles. The van der Waals surface area contributed by atoms with Crippen molar-refractivity contribution < 1.29 is 14.3 Å². The number of esters is 1. The predicted molar refractivity (Wildman–Crippen MR) is 48.1 cm³/mol. The molecule has 0 unspecified atom stereocenters. The second-order valence-corrected chi connectivity index (χ2v) is 3.62. The number of hydrogen-bond acceptors (Lipinski definition) is 3. The molecule has 13 heavy (non-hydrogen) atoms. The maximum Gasteiger partial charge on any atom is 0.315 e. The van der Waals surface area contributed by atoms with Gasteiger partial charge in [0.2, 0.25) is 0 Å². The van der Waals surface area contributed by atoms with Gasteiger partial charge in [0.05, 0.1) is 12.5 Å². The summed E-state index contributed by atoms with van der Waals surface area (Å²) in [6, 6.07) is 0. The van der Waals surface area contributed by atoms with Gasteiger partial charge in [-0.2, -0.15) is 0 Å². The van der Waals surface area contributed by atoms with E-state index in [1.165, 1.54) is 7.11 Å². The fourth-order valence-corrected chi connectivity index (χ4v) is 1.53. The molecule has 0 aromatic rings. The van der Waals surface area contributed by atoms with Crippen molar-refractivity contribution in [3.05, 3.63) is 11.6 Å². The smallest absolute Gasteiger partial charge is 0.315 e. The van der Waals surface area contributed by atoms with Crippen molar-refractivity contribution >= 4 is 11.8 Å². The minimum atomic E-state index is -0.595. The van der Waals surface area contributed by atoms with Crippen LogP contribution in [-0.4, -0.2) is 18.9 Å². The molecule has 0 spiro atoms. The zero-order valence-electron chi connectivity index (χ0n) is 8.22. The zero-order chi connectivity index (χ0) is 10.1. The molecule has 0 fully saturated rings. The summed E-state index contributed by atoms with van der Waals surface area (Å²) in [7, 11) is 1.37. The van der Waals surface area contributed by atoms with E-state index in [2.05, 4.69) is 0 Å². The van der Waals surface area contributed by atoms with E-state index in [4.69, 9.17) is 4.74 Å². The summed E-state index contributed by atoms with van der Waals surface area (Å²) in [6.45, 7) is 3.62. The van der Waals surface area contributed by atoms with Crippen LogP contribution in [0.4, 0.5) is 0 Å². The monoisotopic (exact) mass is 182 g/mol. The highest BCUT2D eigenvalue weighted by atomic mass is 16.5. The van der Waals surface area contributed by atoms with Crippen LogP contribution >= 0.6 is 0 Å². The first-order valence-corrected chi connectivity index (χ1v) is 4.31. The van der Waals surface area contributed by atoms with Crippen molar-refractivity contribution in [1.29, 1.82) is 0 Å². The summed E-state index contributed by atoms with van der Waals surface area (Å²) in [5, 5.41) is 0. The molecule has 0 radical (unpaired) electrons. The van der Waals surface area contributed by atoms with Gasteiger partial charge in [0.1, 0.15) is 0 Å². The van der Waals surface area contributed by atoms with Gasteiger partial charge >= 0.3 is 5.97 Å². The maximum atomic E-state index is 11.4. The molecule has 3 heteroatoms. The molecule has 0 aromatic carbocycles. The highest BCUT2D eigenvalue weighted by Gasteiger charge is 2.38. The Bertz CT molecular complexity index is 278. The number of carbonyl (C=O) groups excluding carboxylic acids is 2. The fraction of sp³-hybridized carbons (Fsp3) is 0.600. The van der Waals surface area contributed by atoms with Gasteiger partial charge in [0, 0.05) is 6.42 Å². The molecule has 3 nitrogen and oxygen atoms in total. The molecule has 0 aliphatic heterocycles. The average molecular weight is 182 g/mol. The standard InChI is InChI=1S/C10H14O3/c1-7-6-8(11)4-5-10(7,2)9(12)13-3/h6H,4-5H2,1-3H3/t10-/m0/s1. The van der Waals surface area contributed by atoms with E-state index in [-0.39, 0.29) is 11.8 Å². The Morgan fingerprint density at radius 3 is 2.69 bits per heavy atom. The highest BCUT2D eigenvalue weighted by Crippen LogP contribution is 2.36. The normalized spacial score (nSPS) is 28.2. The Kier molecular flexibility index (Phi) is 2.55. The Hall–Kier alpha value is -1.12. The van der Waals surface area contributed by atoms with Crippen LogP contribution in [-0.2, 0) is 14.3 Å². The molecule has 0 heterocycles. The maximum absolute atomic E-state index is 11.4. The minimum Gasteiger partial charge on any atom is -0.468 e. The van der Waals surface area contributed by atoms with Crippen molar-refractivity contribution in [3.8, 4) is 0 Å². The third-order valence-corrected chi connectivity index (χ3v) is 2.76. The van der Waals surface area contributed by atoms with Crippen LogP contribution in [0.25, 0.3) is 0 Å². The zero-order valence-corrected chi connectivity index (χ0v) is 8.22. The first kappa shape index (κ1) is 9.96. The van der Waals surface area contributed by atoms with Crippen molar-refractivity contribution in [2.45, 2.75) is 26.7 Å². The average Bonchev–Trinajstić information content (AvgIpc) is 2.11.